The second-order valence-corrected chi connectivity index (χ2v) is 5.15. The van der Waals surface area contributed by atoms with Gasteiger partial charge in [-0.15, -0.1) is 0 Å². The van der Waals surface area contributed by atoms with Crippen LogP contribution < -0.4 is 5.32 Å². The summed E-state index contributed by atoms with van der Waals surface area (Å²) in [7, 11) is 1.29. The molecule has 0 atom stereocenters. The number of hydrogen-bond donors (Lipinski definition) is 1. The fourth-order valence-electron chi connectivity index (χ4n) is 0.969. The van der Waals surface area contributed by atoms with Gasteiger partial charge in [-0.3, -0.25) is 10.1 Å². The zero-order valence-corrected chi connectivity index (χ0v) is 11.5. The fourth-order valence-corrected chi connectivity index (χ4v) is 1.54. The van der Waals surface area contributed by atoms with Crippen LogP contribution in [0.4, 0.5) is 9.93 Å². The summed E-state index contributed by atoms with van der Waals surface area (Å²) < 4.78 is 13.4. The Labute approximate surface area is 109 Å². The summed E-state index contributed by atoms with van der Waals surface area (Å²) >= 11 is 0.976. The number of methoxy groups -OCH3 is 1. The third kappa shape index (κ3) is 5.09. The van der Waals surface area contributed by atoms with Gasteiger partial charge in [-0.2, -0.15) is 4.37 Å². The van der Waals surface area contributed by atoms with Crippen LogP contribution in [-0.2, 0) is 20.7 Å². The van der Waals surface area contributed by atoms with Crippen LogP contribution in [0.3, 0.4) is 0 Å². The quantitative estimate of drug-likeness (QED) is 0.841. The van der Waals surface area contributed by atoms with Crippen LogP contribution in [0.1, 0.15) is 26.6 Å². The van der Waals surface area contributed by atoms with Crippen molar-refractivity contribution in [3.05, 3.63) is 5.82 Å². The Hall–Kier alpha value is -1.70. The maximum Gasteiger partial charge on any atom is 0.414 e. The smallest absolute Gasteiger partial charge is 0.414 e. The largest absolute Gasteiger partial charge is 0.469 e. The minimum Gasteiger partial charge on any atom is -0.469 e. The van der Waals surface area contributed by atoms with E-state index < -0.39 is 17.7 Å². The Bertz CT molecular complexity index is 439. The number of hydrogen-bond acceptors (Lipinski definition) is 7. The van der Waals surface area contributed by atoms with Gasteiger partial charge in [-0.1, -0.05) is 0 Å². The summed E-state index contributed by atoms with van der Waals surface area (Å²) in [4.78, 5) is 26.4. The van der Waals surface area contributed by atoms with E-state index in [1.807, 2.05) is 0 Å². The van der Waals surface area contributed by atoms with Gasteiger partial charge < -0.3 is 9.47 Å². The Morgan fingerprint density at radius 1 is 1.39 bits per heavy atom. The monoisotopic (exact) mass is 273 g/mol. The Kier molecular flexibility index (Phi) is 4.60. The molecule has 0 aliphatic heterocycles. The standard InChI is InChI=1S/C10H15N3O4S/c1-10(2,3)17-9(15)12-8-11-6(13-18-8)5-7(14)16-4/h5H2,1-4H3,(H,11,12,13,15). The van der Waals surface area contributed by atoms with Gasteiger partial charge in [0, 0.05) is 11.5 Å². The number of nitrogens with zero attached hydrogens (tertiary/aromatic N) is 2. The van der Waals surface area contributed by atoms with Crippen molar-refractivity contribution in [1.82, 2.24) is 9.36 Å². The van der Waals surface area contributed by atoms with Crippen molar-refractivity contribution in [3.63, 3.8) is 0 Å². The van der Waals surface area contributed by atoms with E-state index in [2.05, 4.69) is 19.4 Å². The second-order valence-electron chi connectivity index (χ2n) is 4.40. The summed E-state index contributed by atoms with van der Waals surface area (Å²) in [6.07, 6.45) is -0.633. The van der Waals surface area contributed by atoms with Crippen LogP contribution >= 0.6 is 11.5 Å². The molecule has 0 radical (unpaired) electrons. The predicted molar refractivity (Wildman–Crippen MR) is 65.5 cm³/mol. The maximum atomic E-state index is 11.4. The molecule has 100 valence electrons. The van der Waals surface area contributed by atoms with Crippen molar-refractivity contribution in [2.24, 2.45) is 0 Å². The lowest BCUT2D eigenvalue weighted by Crippen LogP contribution is -2.27. The van der Waals surface area contributed by atoms with Gasteiger partial charge in [-0.05, 0) is 20.8 Å². The minimum absolute atomic E-state index is 0.0248. The van der Waals surface area contributed by atoms with Crippen molar-refractivity contribution in [2.45, 2.75) is 32.8 Å². The molecule has 0 bridgehead atoms. The van der Waals surface area contributed by atoms with E-state index in [9.17, 15) is 9.59 Å². The molecule has 0 saturated carbocycles. The normalized spacial score (nSPS) is 10.9. The molecule has 1 aromatic heterocycles. The highest BCUT2D eigenvalue weighted by atomic mass is 32.1. The van der Waals surface area contributed by atoms with Gasteiger partial charge >= 0.3 is 12.1 Å². The van der Waals surface area contributed by atoms with Crippen LogP contribution in [0.2, 0.25) is 0 Å². The molecule has 8 heteroatoms. The number of ether oxygens (including phenoxy) is 2. The van der Waals surface area contributed by atoms with Gasteiger partial charge in [0.2, 0.25) is 5.13 Å². The number of carbonyl (C=O) groups is 2. The molecule has 18 heavy (non-hydrogen) atoms. The molecule has 0 spiro atoms. The van der Waals surface area contributed by atoms with Crippen molar-refractivity contribution >= 4 is 28.7 Å². The number of carbonyl (C=O) groups excluding carboxylic acids is 2. The van der Waals surface area contributed by atoms with Crippen molar-refractivity contribution in [3.8, 4) is 0 Å². The SMILES string of the molecule is COC(=O)Cc1nsc(NC(=O)OC(C)(C)C)n1. The van der Waals surface area contributed by atoms with E-state index in [1.165, 1.54) is 7.11 Å². The molecule has 1 N–H and O–H groups in total. The van der Waals surface area contributed by atoms with Gasteiger partial charge in [0.1, 0.15) is 12.0 Å². The first-order valence-corrected chi connectivity index (χ1v) is 5.97. The Morgan fingerprint density at radius 2 is 2.06 bits per heavy atom. The summed E-state index contributed by atoms with van der Waals surface area (Å²) in [5, 5.41) is 2.72. The third-order valence-electron chi connectivity index (χ3n) is 1.61. The Balaban J connectivity index is 2.54. The zero-order chi connectivity index (χ0) is 13.8. The average Bonchev–Trinajstić information content (AvgIpc) is 2.62. The summed E-state index contributed by atoms with van der Waals surface area (Å²) in [5.41, 5.74) is -0.580. The van der Waals surface area contributed by atoms with Gasteiger partial charge in [-0.25, -0.2) is 9.78 Å². The number of anilines is 1. The molecule has 0 aromatic carbocycles. The van der Waals surface area contributed by atoms with Crippen LogP contribution in [0, 0.1) is 0 Å². The molecule has 1 aromatic rings. The molecule has 0 fully saturated rings. The first-order valence-electron chi connectivity index (χ1n) is 5.19. The van der Waals surface area contributed by atoms with E-state index in [4.69, 9.17) is 4.74 Å². The average molecular weight is 273 g/mol. The lowest BCUT2D eigenvalue weighted by molar-refractivity contribution is -0.139. The highest BCUT2D eigenvalue weighted by molar-refractivity contribution is 7.09. The number of aromatic nitrogens is 2. The molecular weight excluding hydrogens is 258 g/mol. The molecule has 0 aliphatic rings. The van der Waals surface area contributed by atoms with Crippen molar-refractivity contribution in [1.29, 1.82) is 0 Å². The van der Waals surface area contributed by atoms with Crippen LogP contribution in [-0.4, -0.2) is 34.1 Å². The van der Waals surface area contributed by atoms with E-state index >= 15 is 0 Å². The number of amides is 1. The fraction of sp³-hybridized carbons (Fsp3) is 0.600. The van der Waals surface area contributed by atoms with Crippen LogP contribution in [0.15, 0.2) is 0 Å². The summed E-state index contributed by atoms with van der Waals surface area (Å²) in [6, 6.07) is 0. The molecule has 1 rings (SSSR count). The summed E-state index contributed by atoms with van der Waals surface area (Å²) in [5.74, 6) is -0.130. The Morgan fingerprint density at radius 3 is 2.61 bits per heavy atom. The third-order valence-corrected chi connectivity index (χ3v) is 2.27. The molecule has 0 saturated heterocycles. The lowest BCUT2D eigenvalue weighted by Gasteiger charge is -2.18. The maximum absolute atomic E-state index is 11.4. The molecule has 0 aliphatic carbocycles. The topological polar surface area (TPSA) is 90.4 Å². The number of rotatable bonds is 3. The number of esters is 1. The van der Waals surface area contributed by atoms with Crippen molar-refractivity contribution in [2.75, 3.05) is 12.4 Å². The molecular formula is C10H15N3O4S. The van der Waals surface area contributed by atoms with E-state index in [0.29, 0.717) is 5.82 Å². The number of nitrogens with one attached hydrogen (secondary N) is 1. The molecule has 0 unspecified atom stereocenters. The highest BCUT2D eigenvalue weighted by Crippen LogP contribution is 2.14. The second kappa shape index (κ2) is 5.76. The molecule has 1 amide bonds. The first-order chi connectivity index (χ1) is 8.30. The molecule has 1 heterocycles. The zero-order valence-electron chi connectivity index (χ0n) is 10.6. The highest BCUT2D eigenvalue weighted by Gasteiger charge is 2.18. The van der Waals surface area contributed by atoms with E-state index in [1.54, 1.807) is 20.8 Å². The van der Waals surface area contributed by atoms with Gasteiger partial charge in [0.05, 0.1) is 7.11 Å². The van der Waals surface area contributed by atoms with E-state index in [-0.39, 0.29) is 11.6 Å². The minimum atomic E-state index is -0.608. The van der Waals surface area contributed by atoms with Gasteiger partial charge in [0.15, 0.2) is 5.82 Å². The van der Waals surface area contributed by atoms with Crippen molar-refractivity contribution < 1.29 is 19.1 Å². The van der Waals surface area contributed by atoms with Crippen LogP contribution in [0.5, 0.6) is 0 Å². The first kappa shape index (κ1) is 14.4. The lowest BCUT2D eigenvalue weighted by atomic mass is 10.2. The molecule has 7 nitrogen and oxygen atoms in total. The summed E-state index contributed by atoms with van der Waals surface area (Å²) in [6.45, 7) is 5.28. The van der Waals surface area contributed by atoms with Gasteiger partial charge in [0.25, 0.3) is 0 Å². The van der Waals surface area contributed by atoms with E-state index in [0.717, 1.165) is 11.5 Å². The predicted octanol–water partition coefficient (Wildman–Crippen LogP) is 1.60. The van der Waals surface area contributed by atoms with Crippen LogP contribution in [0.25, 0.3) is 0 Å².